The number of sulfonamides is 1. The molecule has 0 aliphatic rings. The van der Waals surface area contributed by atoms with Crippen LogP contribution in [0.15, 0.2) is 29.2 Å². The number of hydrogen-bond acceptors (Lipinski definition) is 5. The molecule has 8 heteroatoms. The third kappa shape index (κ3) is 4.58. The third-order valence-corrected chi connectivity index (χ3v) is 3.93. The lowest BCUT2D eigenvalue weighted by atomic mass is 10.2. The molecular weight excluding hydrogens is 270 g/mol. The SMILES string of the molecule is CNCC(C)CNS(=O)(=O)c1cccc([N+](=O)[O-])c1. The van der Waals surface area contributed by atoms with Crippen LogP contribution in [0, 0.1) is 16.0 Å². The highest BCUT2D eigenvalue weighted by Crippen LogP contribution is 2.17. The Hall–Kier alpha value is -1.51. The first-order valence-electron chi connectivity index (χ1n) is 5.75. The van der Waals surface area contributed by atoms with E-state index in [1.165, 1.54) is 18.2 Å². The molecule has 7 nitrogen and oxygen atoms in total. The summed E-state index contributed by atoms with van der Waals surface area (Å²) in [5, 5.41) is 13.6. The molecule has 0 aromatic heterocycles. The van der Waals surface area contributed by atoms with Gasteiger partial charge in [0.2, 0.25) is 10.0 Å². The molecule has 106 valence electrons. The van der Waals surface area contributed by atoms with E-state index in [4.69, 9.17) is 0 Å². The highest BCUT2D eigenvalue weighted by Gasteiger charge is 2.18. The van der Waals surface area contributed by atoms with Gasteiger partial charge in [0.15, 0.2) is 0 Å². The van der Waals surface area contributed by atoms with Crippen molar-refractivity contribution in [1.82, 2.24) is 10.0 Å². The second-order valence-corrected chi connectivity index (χ2v) is 6.04. The largest absolute Gasteiger partial charge is 0.319 e. The highest BCUT2D eigenvalue weighted by molar-refractivity contribution is 7.89. The fourth-order valence-corrected chi connectivity index (χ4v) is 2.72. The van der Waals surface area contributed by atoms with Gasteiger partial charge >= 0.3 is 0 Å². The van der Waals surface area contributed by atoms with Crippen molar-refractivity contribution in [3.05, 3.63) is 34.4 Å². The van der Waals surface area contributed by atoms with E-state index in [1.54, 1.807) is 7.05 Å². The Morgan fingerprint density at radius 1 is 1.37 bits per heavy atom. The maximum Gasteiger partial charge on any atom is 0.270 e. The zero-order valence-electron chi connectivity index (χ0n) is 10.8. The van der Waals surface area contributed by atoms with Gasteiger partial charge in [-0.3, -0.25) is 10.1 Å². The Labute approximate surface area is 112 Å². The molecule has 0 aliphatic heterocycles. The number of nitrogens with zero attached hydrogens (tertiary/aromatic N) is 1. The van der Waals surface area contributed by atoms with E-state index in [1.807, 2.05) is 6.92 Å². The van der Waals surface area contributed by atoms with Gasteiger partial charge in [0.05, 0.1) is 9.82 Å². The maximum absolute atomic E-state index is 12.0. The predicted octanol–water partition coefficient (Wildman–Crippen LogP) is 0.729. The van der Waals surface area contributed by atoms with Crippen LogP contribution in [-0.2, 0) is 10.0 Å². The molecule has 2 N–H and O–H groups in total. The van der Waals surface area contributed by atoms with Crippen LogP contribution in [0.1, 0.15) is 6.92 Å². The molecule has 0 radical (unpaired) electrons. The first-order chi connectivity index (χ1) is 8.86. The van der Waals surface area contributed by atoms with Crippen LogP contribution in [0.5, 0.6) is 0 Å². The summed E-state index contributed by atoms with van der Waals surface area (Å²) in [4.78, 5) is 9.89. The molecule has 0 amide bonds. The molecule has 0 bridgehead atoms. The monoisotopic (exact) mass is 287 g/mol. The number of rotatable bonds is 7. The Kier molecular flexibility index (Phi) is 5.40. The molecule has 0 aliphatic carbocycles. The van der Waals surface area contributed by atoms with Gasteiger partial charge in [-0.15, -0.1) is 0 Å². The van der Waals surface area contributed by atoms with Gasteiger partial charge < -0.3 is 5.32 Å². The minimum Gasteiger partial charge on any atom is -0.319 e. The smallest absolute Gasteiger partial charge is 0.270 e. The summed E-state index contributed by atoms with van der Waals surface area (Å²) < 4.78 is 26.4. The van der Waals surface area contributed by atoms with E-state index in [9.17, 15) is 18.5 Å². The van der Waals surface area contributed by atoms with Crippen molar-refractivity contribution in [2.45, 2.75) is 11.8 Å². The lowest BCUT2D eigenvalue weighted by Crippen LogP contribution is -2.32. The van der Waals surface area contributed by atoms with Crippen molar-refractivity contribution in [1.29, 1.82) is 0 Å². The summed E-state index contributed by atoms with van der Waals surface area (Å²) in [6, 6.07) is 4.98. The number of nitro groups is 1. The van der Waals surface area contributed by atoms with E-state index >= 15 is 0 Å². The van der Waals surface area contributed by atoms with Crippen molar-refractivity contribution in [3.63, 3.8) is 0 Å². The van der Waals surface area contributed by atoms with Gasteiger partial charge in [0.25, 0.3) is 5.69 Å². The average Bonchev–Trinajstić information content (AvgIpc) is 2.37. The van der Waals surface area contributed by atoms with Gasteiger partial charge in [-0.2, -0.15) is 0 Å². The van der Waals surface area contributed by atoms with E-state index in [-0.39, 0.29) is 23.0 Å². The molecule has 0 saturated heterocycles. The van der Waals surface area contributed by atoms with E-state index < -0.39 is 14.9 Å². The Balaban J connectivity index is 2.83. The van der Waals surface area contributed by atoms with E-state index in [2.05, 4.69) is 10.0 Å². The first-order valence-corrected chi connectivity index (χ1v) is 7.24. The van der Waals surface area contributed by atoms with E-state index in [0.29, 0.717) is 6.54 Å². The molecule has 0 fully saturated rings. The van der Waals surface area contributed by atoms with Crippen molar-refractivity contribution >= 4 is 15.7 Å². The normalized spacial score (nSPS) is 13.2. The number of non-ortho nitro benzene ring substituents is 1. The van der Waals surface area contributed by atoms with Crippen molar-refractivity contribution in [3.8, 4) is 0 Å². The minimum absolute atomic E-state index is 0.0987. The van der Waals surface area contributed by atoms with Crippen molar-refractivity contribution < 1.29 is 13.3 Å². The van der Waals surface area contributed by atoms with Gasteiger partial charge in [0, 0.05) is 18.7 Å². The topological polar surface area (TPSA) is 101 Å². The molecule has 0 spiro atoms. The highest BCUT2D eigenvalue weighted by atomic mass is 32.2. The number of benzene rings is 1. The molecule has 1 atom stereocenters. The van der Waals surface area contributed by atoms with Crippen molar-refractivity contribution in [2.24, 2.45) is 5.92 Å². The van der Waals surface area contributed by atoms with Gasteiger partial charge in [-0.25, -0.2) is 13.1 Å². The van der Waals surface area contributed by atoms with Crippen LogP contribution in [0.2, 0.25) is 0 Å². The molecule has 1 unspecified atom stereocenters. The first kappa shape index (κ1) is 15.5. The number of nitrogens with one attached hydrogen (secondary N) is 2. The maximum atomic E-state index is 12.0. The zero-order chi connectivity index (χ0) is 14.5. The fourth-order valence-electron chi connectivity index (χ4n) is 1.52. The van der Waals surface area contributed by atoms with Crippen LogP contribution >= 0.6 is 0 Å². The molecule has 0 saturated carbocycles. The minimum atomic E-state index is -3.71. The summed E-state index contributed by atoms with van der Waals surface area (Å²) in [7, 11) is -1.93. The molecular formula is C11H17N3O4S. The lowest BCUT2D eigenvalue weighted by Gasteiger charge is -2.12. The van der Waals surface area contributed by atoms with Crippen molar-refractivity contribution in [2.75, 3.05) is 20.1 Å². The fraction of sp³-hybridized carbons (Fsp3) is 0.455. The summed E-state index contributed by atoms with van der Waals surface area (Å²) in [5.74, 6) is 0.124. The van der Waals surface area contributed by atoms with Crippen LogP contribution in [0.25, 0.3) is 0 Å². The summed E-state index contributed by atoms with van der Waals surface area (Å²) in [5.41, 5.74) is -0.244. The molecule has 19 heavy (non-hydrogen) atoms. The van der Waals surface area contributed by atoms with Crippen LogP contribution in [-0.4, -0.2) is 33.5 Å². The third-order valence-electron chi connectivity index (χ3n) is 2.51. The summed E-state index contributed by atoms with van der Waals surface area (Å²) >= 11 is 0. The summed E-state index contributed by atoms with van der Waals surface area (Å²) in [6.07, 6.45) is 0. The standard InChI is InChI=1S/C11H17N3O4S/c1-9(7-12-2)8-13-19(17,18)11-5-3-4-10(6-11)14(15)16/h3-6,9,12-13H,7-8H2,1-2H3. The van der Waals surface area contributed by atoms with Gasteiger partial charge in [-0.1, -0.05) is 13.0 Å². The Bertz CT molecular complexity index is 545. The molecule has 1 rings (SSSR count). The molecule has 0 heterocycles. The lowest BCUT2D eigenvalue weighted by molar-refractivity contribution is -0.385. The van der Waals surface area contributed by atoms with E-state index in [0.717, 1.165) is 6.07 Å². The predicted molar refractivity (Wildman–Crippen MR) is 71.4 cm³/mol. The van der Waals surface area contributed by atoms with Gasteiger partial charge in [0.1, 0.15) is 0 Å². The summed E-state index contributed by atoms with van der Waals surface area (Å²) in [6.45, 7) is 2.84. The van der Waals surface area contributed by atoms with Crippen LogP contribution in [0.3, 0.4) is 0 Å². The molecule has 1 aromatic carbocycles. The zero-order valence-corrected chi connectivity index (χ0v) is 11.6. The van der Waals surface area contributed by atoms with Crippen LogP contribution in [0.4, 0.5) is 5.69 Å². The Morgan fingerprint density at radius 3 is 2.63 bits per heavy atom. The second-order valence-electron chi connectivity index (χ2n) is 4.27. The van der Waals surface area contributed by atoms with Crippen LogP contribution < -0.4 is 10.0 Å². The second kappa shape index (κ2) is 6.60. The molecule has 1 aromatic rings. The quantitative estimate of drug-likeness (QED) is 0.568. The number of hydrogen-bond donors (Lipinski definition) is 2. The van der Waals surface area contributed by atoms with Gasteiger partial charge in [-0.05, 0) is 25.6 Å². The average molecular weight is 287 g/mol. The number of nitro benzene ring substituents is 1. The Morgan fingerprint density at radius 2 is 2.05 bits per heavy atom.